The minimum absolute atomic E-state index is 0.530. The highest BCUT2D eigenvalue weighted by Crippen LogP contribution is 2.47. The topological polar surface area (TPSA) is 12.0 Å². The maximum absolute atomic E-state index is 6.20. The Bertz CT molecular complexity index is 348. The van der Waals surface area contributed by atoms with Gasteiger partial charge in [0, 0.05) is 11.1 Å². The minimum atomic E-state index is 0.530. The lowest BCUT2D eigenvalue weighted by molar-refractivity contribution is 0.410. The van der Waals surface area contributed by atoms with E-state index in [9.17, 15) is 0 Å². The molecule has 0 aromatic heterocycles. The Labute approximate surface area is 83.1 Å². The highest BCUT2D eigenvalue weighted by Gasteiger charge is 2.34. The third-order valence-electron chi connectivity index (χ3n) is 3.28. The molecule has 0 spiro atoms. The highest BCUT2D eigenvalue weighted by molar-refractivity contribution is 6.31. The zero-order valence-electron chi connectivity index (χ0n) is 7.39. The van der Waals surface area contributed by atoms with Gasteiger partial charge in [-0.3, -0.25) is 0 Å². The number of benzene rings is 1. The summed E-state index contributed by atoms with van der Waals surface area (Å²) in [5.74, 6) is 0.764. The summed E-state index contributed by atoms with van der Waals surface area (Å²) in [6.45, 7) is 1.14. The van der Waals surface area contributed by atoms with Gasteiger partial charge in [0.05, 0.1) is 0 Å². The van der Waals surface area contributed by atoms with Gasteiger partial charge >= 0.3 is 0 Å². The third-order valence-corrected chi connectivity index (χ3v) is 3.61. The number of rotatable bonds is 0. The van der Waals surface area contributed by atoms with E-state index in [-0.39, 0.29) is 0 Å². The van der Waals surface area contributed by atoms with Crippen molar-refractivity contribution in [3.05, 3.63) is 34.3 Å². The monoisotopic (exact) mass is 193 g/mol. The lowest BCUT2D eigenvalue weighted by Crippen LogP contribution is -2.25. The van der Waals surface area contributed by atoms with Crippen LogP contribution in [-0.4, -0.2) is 6.54 Å². The summed E-state index contributed by atoms with van der Waals surface area (Å²) in [6, 6.07) is 6.84. The van der Waals surface area contributed by atoms with Crippen LogP contribution in [0.15, 0.2) is 18.2 Å². The molecular weight excluding hydrogens is 182 g/mol. The molecule has 2 atom stereocenters. The smallest absolute Gasteiger partial charge is 0.0456 e. The molecule has 1 saturated heterocycles. The molecular formula is C11H12ClN. The second-order valence-corrected chi connectivity index (χ2v) is 4.38. The van der Waals surface area contributed by atoms with E-state index in [0.717, 1.165) is 17.5 Å². The molecule has 2 aliphatic rings. The first kappa shape index (κ1) is 7.84. The van der Waals surface area contributed by atoms with Crippen molar-refractivity contribution in [3.8, 4) is 0 Å². The lowest BCUT2D eigenvalue weighted by Gasteiger charge is -2.20. The van der Waals surface area contributed by atoms with Crippen molar-refractivity contribution >= 4 is 11.6 Å². The highest BCUT2D eigenvalue weighted by atomic mass is 35.5. The first-order valence-corrected chi connectivity index (χ1v) is 5.26. The molecule has 1 N–H and O–H groups in total. The molecule has 1 aromatic carbocycles. The Morgan fingerprint density at radius 1 is 1.38 bits per heavy atom. The predicted octanol–water partition coefficient (Wildman–Crippen LogP) is 2.86. The summed E-state index contributed by atoms with van der Waals surface area (Å²) < 4.78 is 0. The van der Waals surface area contributed by atoms with Crippen molar-refractivity contribution in [2.24, 2.45) is 0 Å². The van der Waals surface area contributed by atoms with Gasteiger partial charge in [-0.2, -0.15) is 0 Å². The fraction of sp³-hybridized carbons (Fsp3) is 0.455. The maximum Gasteiger partial charge on any atom is 0.0456 e. The average Bonchev–Trinajstić information content (AvgIpc) is 2.41. The maximum atomic E-state index is 6.20. The SMILES string of the molecule is Clc1cccc2c1[C@H]1CC2CCN1. The van der Waals surface area contributed by atoms with Crippen molar-refractivity contribution in [2.45, 2.75) is 24.8 Å². The molecule has 3 rings (SSSR count). The second-order valence-electron chi connectivity index (χ2n) is 3.97. The summed E-state index contributed by atoms with van der Waals surface area (Å²) in [6.07, 6.45) is 2.52. The van der Waals surface area contributed by atoms with Crippen LogP contribution in [-0.2, 0) is 0 Å². The van der Waals surface area contributed by atoms with Crippen LogP contribution in [0, 0.1) is 0 Å². The average molecular weight is 194 g/mol. The van der Waals surface area contributed by atoms with Crippen molar-refractivity contribution < 1.29 is 0 Å². The first-order chi connectivity index (χ1) is 6.36. The largest absolute Gasteiger partial charge is 0.310 e. The first-order valence-electron chi connectivity index (χ1n) is 4.88. The molecule has 2 heteroatoms. The Hall–Kier alpha value is -0.530. The Balaban J connectivity index is 2.20. The number of fused-ring (bicyclic) bond motifs is 5. The summed E-state index contributed by atoms with van der Waals surface area (Å²) in [4.78, 5) is 0. The van der Waals surface area contributed by atoms with Crippen LogP contribution < -0.4 is 5.32 Å². The fourth-order valence-corrected chi connectivity index (χ4v) is 3.01. The van der Waals surface area contributed by atoms with Crippen LogP contribution in [0.3, 0.4) is 0 Å². The van der Waals surface area contributed by atoms with E-state index >= 15 is 0 Å². The zero-order chi connectivity index (χ0) is 8.84. The Morgan fingerprint density at radius 3 is 3.23 bits per heavy atom. The van der Waals surface area contributed by atoms with E-state index in [1.54, 1.807) is 0 Å². The molecule has 1 aliphatic carbocycles. The molecule has 1 heterocycles. The van der Waals surface area contributed by atoms with Gasteiger partial charge < -0.3 is 5.32 Å². The normalized spacial score (nSPS) is 30.2. The van der Waals surface area contributed by atoms with Gasteiger partial charge in [-0.05, 0) is 42.5 Å². The number of halogens is 1. The molecule has 1 nitrogen and oxygen atoms in total. The molecule has 1 unspecified atom stereocenters. The van der Waals surface area contributed by atoms with Crippen LogP contribution >= 0.6 is 11.6 Å². The molecule has 1 aliphatic heterocycles. The van der Waals surface area contributed by atoms with Gasteiger partial charge in [0.2, 0.25) is 0 Å². The Kier molecular flexibility index (Phi) is 1.64. The van der Waals surface area contributed by atoms with Gasteiger partial charge in [0.25, 0.3) is 0 Å². The number of hydrogen-bond acceptors (Lipinski definition) is 1. The van der Waals surface area contributed by atoms with Gasteiger partial charge in [0.1, 0.15) is 0 Å². The molecule has 2 bridgehead atoms. The van der Waals surface area contributed by atoms with Crippen molar-refractivity contribution in [3.63, 3.8) is 0 Å². The molecule has 1 aromatic rings. The second kappa shape index (κ2) is 2.73. The number of nitrogens with one attached hydrogen (secondary N) is 1. The summed E-state index contributed by atoms with van der Waals surface area (Å²) >= 11 is 6.20. The van der Waals surface area contributed by atoms with Gasteiger partial charge in [-0.25, -0.2) is 0 Å². The fourth-order valence-electron chi connectivity index (χ4n) is 2.70. The standard InChI is InChI=1S/C11H12ClN/c12-9-3-1-2-8-7-4-5-13-10(6-7)11(8)9/h1-3,7,10,13H,4-6H2/t7?,10-/m1/s1. The van der Waals surface area contributed by atoms with Crippen molar-refractivity contribution in [1.29, 1.82) is 0 Å². The summed E-state index contributed by atoms with van der Waals surface area (Å²) in [5.41, 5.74) is 2.86. The van der Waals surface area contributed by atoms with Crippen LogP contribution in [0.25, 0.3) is 0 Å². The number of piperidine rings is 1. The third kappa shape index (κ3) is 1.04. The quantitative estimate of drug-likeness (QED) is 0.668. The van der Waals surface area contributed by atoms with E-state index < -0.39 is 0 Å². The molecule has 0 saturated carbocycles. The van der Waals surface area contributed by atoms with Crippen molar-refractivity contribution in [2.75, 3.05) is 6.54 Å². The molecule has 0 radical (unpaired) electrons. The number of hydrogen-bond donors (Lipinski definition) is 1. The van der Waals surface area contributed by atoms with Crippen LogP contribution in [0.1, 0.15) is 35.9 Å². The summed E-state index contributed by atoms with van der Waals surface area (Å²) in [7, 11) is 0. The van der Waals surface area contributed by atoms with Gasteiger partial charge in [-0.1, -0.05) is 23.7 Å². The van der Waals surface area contributed by atoms with E-state index in [2.05, 4.69) is 17.4 Å². The van der Waals surface area contributed by atoms with E-state index in [1.807, 2.05) is 6.07 Å². The van der Waals surface area contributed by atoms with Gasteiger partial charge in [0.15, 0.2) is 0 Å². The Morgan fingerprint density at radius 2 is 2.31 bits per heavy atom. The van der Waals surface area contributed by atoms with Crippen molar-refractivity contribution in [1.82, 2.24) is 5.32 Å². The molecule has 13 heavy (non-hydrogen) atoms. The van der Waals surface area contributed by atoms with E-state index in [0.29, 0.717) is 6.04 Å². The van der Waals surface area contributed by atoms with Crippen LogP contribution in [0.2, 0.25) is 5.02 Å². The van der Waals surface area contributed by atoms with Gasteiger partial charge in [-0.15, -0.1) is 0 Å². The van der Waals surface area contributed by atoms with E-state index in [1.165, 1.54) is 24.0 Å². The van der Waals surface area contributed by atoms with Crippen LogP contribution in [0.5, 0.6) is 0 Å². The van der Waals surface area contributed by atoms with Crippen LogP contribution in [0.4, 0.5) is 0 Å². The zero-order valence-corrected chi connectivity index (χ0v) is 8.14. The lowest BCUT2D eigenvalue weighted by atomic mass is 9.97. The van der Waals surface area contributed by atoms with E-state index in [4.69, 9.17) is 11.6 Å². The molecule has 1 fully saturated rings. The molecule has 0 amide bonds. The summed E-state index contributed by atoms with van der Waals surface area (Å²) in [5, 5.41) is 4.47. The predicted molar refractivity (Wildman–Crippen MR) is 54.2 cm³/mol. The molecule has 68 valence electrons. The minimum Gasteiger partial charge on any atom is -0.310 e.